The number of carbonyl (C=O) groups excluding carboxylic acids is 2. The first kappa shape index (κ1) is 26.8. The molecule has 0 aromatic heterocycles. The fourth-order valence-electron chi connectivity index (χ4n) is 5.57. The van der Waals surface area contributed by atoms with Crippen molar-refractivity contribution < 1.29 is 14.3 Å². The van der Waals surface area contributed by atoms with Gasteiger partial charge in [-0.15, -0.1) is 0 Å². The number of hydrogen-bond donors (Lipinski definition) is 1. The van der Waals surface area contributed by atoms with Crippen LogP contribution in [0.15, 0.2) is 78.9 Å². The van der Waals surface area contributed by atoms with Gasteiger partial charge < -0.3 is 24.8 Å². The number of fused-ring (bicyclic) bond motifs is 1. The Hall–Kier alpha value is -3.84. The number of ether oxygens (including phenoxy) is 1. The molecule has 2 aliphatic heterocycles. The van der Waals surface area contributed by atoms with Crippen LogP contribution in [0.3, 0.4) is 0 Å². The standard InChI is InChI=1S/C32H38N4O3/c1-3-33-32(38)29-23-39-30-14-8-7-13-27(30)36(29)22-31(37)34(2)28(21-35-19-9-10-20-35)26-17-15-25(16-18-26)24-11-5-4-6-12-24/h4-8,11-18,28-29H,3,9-10,19-23H2,1-2H3,(H,33,38). The molecular formula is C32H38N4O3. The van der Waals surface area contributed by atoms with Crippen LogP contribution in [0.4, 0.5) is 5.69 Å². The number of anilines is 1. The van der Waals surface area contributed by atoms with Crippen molar-refractivity contribution in [3.63, 3.8) is 0 Å². The Balaban J connectivity index is 1.40. The molecule has 0 radical (unpaired) electrons. The summed E-state index contributed by atoms with van der Waals surface area (Å²) in [6, 6.07) is 25.9. The van der Waals surface area contributed by atoms with E-state index in [9.17, 15) is 9.59 Å². The maximum atomic E-state index is 13.9. The smallest absolute Gasteiger partial charge is 0.246 e. The number of likely N-dealkylation sites (N-methyl/N-ethyl adjacent to an activating group) is 2. The van der Waals surface area contributed by atoms with Gasteiger partial charge in [-0.1, -0.05) is 66.7 Å². The minimum atomic E-state index is -0.570. The number of carbonyl (C=O) groups is 2. The number of likely N-dealkylation sites (tertiary alicyclic amines) is 1. The highest BCUT2D eigenvalue weighted by Crippen LogP contribution is 2.34. The summed E-state index contributed by atoms with van der Waals surface area (Å²) in [4.78, 5) is 33.1. The van der Waals surface area contributed by atoms with Crippen molar-refractivity contribution in [1.82, 2.24) is 15.1 Å². The normalized spacial score (nSPS) is 17.7. The fraction of sp³-hybridized carbons (Fsp3) is 0.375. The lowest BCUT2D eigenvalue weighted by Gasteiger charge is -2.39. The number of benzene rings is 3. The van der Waals surface area contributed by atoms with Crippen molar-refractivity contribution in [2.45, 2.75) is 31.8 Å². The van der Waals surface area contributed by atoms with Gasteiger partial charge in [-0.05, 0) is 61.7 Å². The first-order valence-corrected chi connectivity index (χ1v) is 13.9. The quantitative estimate of drug-likeness (QED) is 0.449. The van der Waals surface area contributed by atoms with E-state index in [4.69, 9.17) is 4.74 Å². The minimum Gasteiger partial charge on any atom is -0.489 e. The van der Waals surface area contributed by atoms with Crippen LogP contribution >= 0.6 is 0 Å². The lowest BCUT2D eigenvalue weighted by Crippen LogP contribution is -2.55. The second kappa shape index (κ2) is 12.3. The zero-order chi connectivity index (χ0) is 27.2. The van der Waals surface area contributed by atoms with Crippen LogP contribution < -0.4 is 15.0 Å². The Morgan fingerprint density at radius 2 is 1.62 bits per heavy atom. The second-order valence-corrected chi connectivity index (χ2v) is 10.3. The summed E-state index contributed by atoms with van der Waals surface area (Å²) in [5.74, 6) is 0.531. The van der Waals surface area contributed by atoms with Gasteiger partial charge in [0.25, 0.3) is 0 Å². The van der Waals surface area contributed by atoms with Gasteiger partial charge >= 0.3 is 0 Å². The summed E-state index contributed by atoms with van der Waals surface area (Å²) in [5, 5.41) is 2.90. The zero-order valence-corrected chi connectivity index (χ0v) is 22.9. The van der Waals surface area contributed by atoms with Crippen LogP contribution in [-0.2, 0) is 9.59 Å². The highest BCUT2D eigenvalue weighted by atomic mass is 16.5. The van der Waals surface area contributed by atoms with Gasteiger partial charge in [0.05, 0.1) is 18.3 Å². The molecule has 2 atom stereocenters. The van der Waals surface area contributed by atoms with Gasteiger partial charge in [-0.2, -0.15) is 0 Å². The molecule has 39 heavy (non-hydrogen) atoms. The molecule has 5 rings (SSSR count). The van der Waals surface area contributed by atoms with Gasteiger partial charge in [-0.25, -0.2) is 0 Å². The number of para-hydroxylation sites is 2. The molecule has 0 bridgehead atoms. The average molecular weight is 527 g/mol. The van der Waals surface area contributed by atoms with E-state index < -0.39 is 6.04 Å². The third-order valence-electron chi connectivity index (χ3n) is 7.80. The summed E-state index contributed by atoms with van der Waals surface area (Å²) in [6.45, 7) is 5.61. The Kier molecular flexibility index (Phi) is 8.47. The summed E-state index contributed by atoms with van der Waals surface area (Å²) in [6.07, 6.45) is 2.38. The van der Waals surface area contributed by atoms with Crippen molar-refractivity contribution >= 4 is 17.5 Å². The van der Waals surface area contributed by atoms with Gasteiger partial charge in [0.15, 0.2) is 0 Å². The van der Waals surface area contributed by atoms with Gasteiger partial charge in [0.1, 0.15) is 18.4 Å². The molecule has 7 nitrogen and oxygen atoms in total. The Bertz CT molecular complexity index is 1260. The van der Waals surface area contributed by atoms with Crippen LogP contribution in [-0.4, -0.2) is 74.0 Å². The molecule has 3 aromatic carbocycles. The highest BCUT2D eigenvalue weighted by molar-refractivity contribution is 5.90. The predicted octanol–water partition coefficient (Wildman–Crippen LogP) is 4.35. The van der Waals surface area contributed by atoms with E-state index in [-0.39, 0.29) is 31.0 Å². The van der Waals surface area contributed by atoms with Crippen molar-refractivity contribution in [1.29, 1.82) is 0 Å². The molecule has 0 spiro atoms. The maximum absolute atomic E-state index is 13.9. The van der Waals surface area contributed by atoms with Gasteiger partial charge in [0.2, 0.25) is 11.8 Å². The van der Waals surface area contributed by atoms with Gasteiger partial charge in [-0.3, -0.25) is 9.59 Å². The lowest BCUT2D eigenvalue weighted by atomic mass is 9.99. The highest BCUT2D eigenvalue weighted by Gasteiger charge is 2.35. The molecule has 0 saturated carbocycles. The number of hydrogen-bond acceptors (Lipinski definition) is 5. The molecule has 204 valence electrons. The molecule has 2 unspecified atom stereocenters. The van der Waals surface area contributed by atoms with Crippen LogP contribution in [0.1, 0.15) is 31.4 Å². The number of rotatable bonds is 9. The Morgan fingerprint density at radius 1 is 0.949 bits per heavy atom. The molecular weight excluding hydrogens is 488 g/mol. The minimum absolute atomic E-state index is 0.0302. The molecule has 1 fully saturated rings. The van der Waals surface area contributed by atoms with E-state index in [0.717, 1.165) is 36.4 Å². The van der Waals surface area contributed by atoms with Crippen LogP contribution in [0.2, 0.25) is 0 Å². The third-order valence-corrected chi connectivity index (χ3v) is 7.80. The molecule has 2 amide bonds. The largest absolute Gasteiger partial charge is 0.489 e. The predicted molar refractivity (Wildman–Crippen MR) is 155 cm³/mol. The van der Waals surface area contributed by atoms with Crippen LogP contribution in [0.25, 0.3) is 11.1 Å². The second-order valence-electron chi connectivity index (χ2n) is 10.3. The molecule has 1 saturated heterocycles. The monoisotopic (exact) mass is 526 g/mol. The number of amides is 2. The molecule has 7 heteroatoms. The summed E-state index contributed by atoms with van der Waals surface area (Å²) in [5.41, 5.74) is 4.21. The first-order valence-electron chi connectivity index (χ1n) is 13.9. The van der Waals surface area contributed by atoms with Crippen LogP contribution in [0.5, 0.6) is 5.75 Å². The molecule has 0 aliphatic carbocycles. The summed E-state index contributed by atoms with van der Waals surface area (Å²) in [7, 11) is 1.89. The van der Waals surface area contributed by atoms with Crippen LogP contribution in [0, 0.1) is 0 Å². The summed E-state index contributed by atoms with van der Waals surface area (Å²) >= 11 is 0. The lowest BCUT2D eigenvalue weighted by molar-refractivity contribution is -0.131. The van der Waals surface area contributed by atoms with E-state index in [0.29, 0.717) is 12.3 Å². The fourth-order valence-corrected chi connectivity index (χ4v) is 5.57. The van der Waals surface area contributed by atoms with Crippen molar-refractivity contribution in [2.24, 2.45) is 0 Å². The van der Waals surface area contributed by atoms with Crippen molar-refractivity contribution in [2.75, 3.05) is 51.3 Å². The molecule has 2 aliphatic rings. The van der Waals surface area contributed by atoms with Crippen molar-refractivity contribution in [3.05, 3.63) is 84.4 Å². The average Bonchev–Trinajstić information content (AvgIpc) is 3.50. The van der Waals surface area contributed by atoms with E-state index in [2.05, 4.69) is 46.6 Å². The molecule has 3 aromatic rings. The molecule has 1 N–H and O–H groups in total. The van der Waals surface area contributed by atoms with E-state index in [1.807, 2.05) is 66.2 Å². The van der Waals surface area contributed by atoms with Crippen molar-refractivity contribution in [3.8, 4) is 16.9 Å². The topological polar surface area (TPSA) is 65.1 Å². The third kappa shape index (κ3) is 6.09. The first-order chi connectivity index (χ1) is 19.0. The van der Waals surface area contributed by atoms with E-state index in [1.54, 1.807) is 0 Å². The number of nitrogens with one attached hydrogen (secondary N) is 1. The Morgan fingerprint density at radius 3 is 2.33 bits per heavy atom. The zero-order valence-electron chi connectivity index (χ0n) is 22.9. The summed E-state index contributed by atoms with van der Waals surface area (Å²) < 4.78 is 5.89. The molecule has 2 heterocycles. The van der Waals surface area contributed by atoms with E-state index in [1.165, 1.54) is 18.4 Å². The SMILES string of the molecule is CCNC(=O)C1COc2ccccc2N1CC(=O)N(C)C(CN1CCCC1)c1ccc(-c2ccccc2)cc1. The Labute approximate surface area is 231 Å². The van der Waals surface area contributed by atoms with E-state index >= 15 is 0 Å². The number of nitrogens with zero attached hydrogens (tertiary/aromatic N) is 3. The maximum Gasteiger partial charge on any atom is 0.246 e. The van der Waals surface area contributed by atoms with Gasteiger partial charge in [0, 0.05) is 20.1 Å².